The maximum absolute atomic E-state index is 13.7. The number of benzene rings is 1. The number of nitrogens with one attached hydrogen (secondary N) is 2. The maximum Gasteiger partial charge on any atom is 0.246 e. The number of likely N-dealkylation sites (tertiary alicyclic amines) is 1. The summed E-state index contributed by atoms with van der Waals surface area (Å²) in [5, 5.41) is 19.4. The minimum absolute atomic E-state index is 0.00857. The number of azide groups is 1. The number of amides is 3. The van der Waals surface area contributed by atoms with Gasteiger partial charge in [-0.1, -0.05) is 50.2 Å². The Morgan fingerprint density at radius 1 is 1.13 bits per heavy atom. The molecule has 1 aliphatic heterocycles. The zero-order chi connectivity index (χ0) is 32.8. The van der Waals surface area contributed by atoms with Gasteiger partial charge in [0, 0.05) is 31.0 Å². The molecule has 2 heterocycles. The summed E-state index contributed by atoms with van der Waals surface area (Å²) in [6.07, 6.45) is -0.753. The van der Waals surface area contributed by atoms with E-state index in [2.05, 4.69) is 25.6 Å². The lowest BCUT2D eigenvalue weighted by Gasteiger charge is -2.35. The predicted molar refractivity (Wildman–Crippen MR) is 168 cm³/mol. The van der Waals surface area contributed by atoms with Crippen LogP contribution in [0.5, 0.6) is 0 Å². The summed E-state index contributed by atoms with van der Waals surface area (Å²) in [5.74, 6) is -1.30. The molecule has 1 aliphatic rings. The molecule has 14 nitrogen and oxygen atoms in total. The lowest BCUT2D eigenvalue weighted by atomic mass is 9.85. The molecule has 3 amide bonds. The number of hydrogen-bond donors (Lipinski definition) is 3. The molecule has 2 aromatic rings. The third-order valence-corrected chi connectivity index (χ3v) is 8.07. The average Bonchev–Trinajstić information content (AvgIpc) is 3.62. The highest BCUT2D eigenvalue weighted by Crippen LogP contribution is 2.28. The van der Waals surface area contributed by atoms with Gasteiger partial charge in [0.05, 0.1) is 55.2 Å². The molecule has 0 bridgehead atoms. The number of aromatic nitrogens is 1. The van der Waals surface area contributed by atoms with Gasteiger partial charge in [-0.2, -0.15) is 0 Å². The smallest absolute Gasteiger partial charge is 0.246 e. The molecule has 15 heteroatoms. The Balaban J connectivity index is 1.48. The van der Waals surface area contributed by atoms with Crippen LogP contribution in [0.2, 0.25) is 0 Å². The van der Waals surface area contributed by atoms with Crippen LogP contribution in [0.15, 0.2) is 34.9 Å². The molecule has 3 rings (SSSR count). The molecule has 1 aromatic carbocycles. The van der Waals surface area contributed by atoms with Crippen molar-refractivity contribution in [1.82, 2.24) is 20.5 Å². The molecule has 0 aliphatic carbocycles. The molecular formula is C30H43N7O7S. The monoisotopic (exact) mass is 645 g/mol. The minimum atomic E-state index is -0.948. The second-order valence-corrected chi connectivity index (χ2v) is 12.5. The fourth-order valence-electron chi connectivity index (χ4n) is 4.74. The zero-order valence-corrected chi connectivity index (χ0v) is 27.0. The van der Waals surface area contributed by atoms with Crippen molar-refractivity contribution in [2.75, 3.05) is 52.7 Å². The van der Waals surface area contributed by atoms with Gasteiger partial charge in [-0.05, 0) is 29.0 Å². The van der Waals surface area contributed by atoms with Crippen molar-refractivity contribution in [3.05, 3.63) is 51.5 Å². The highest BCUT2D eigenvalue weighted by atomic mass is 32.1. The molecule has 246 valence electrons. The average molecular weight is 646 g/mol. The van der Waals surface area contributed by atoms with Gasteiger partial charge in [0.1, 0.15) is 18.7 Å². The normalized spacial score (nSPS) is 17.0. The molecular weight excluding hydrogens is 602 g/mol. The first-order valence-electron chi connectivity index (χ1n) is 14.8. The number of carbonyl (C=O) groups is 3. The highest BCUT2D eigenvalue weighted by molar-refractivity contribution is 7.13. The zero-order valence-electron chi connectivity index (χ0n) is 26.2. The van der Waals surface area contributed by atoms with E-state index in [9.17, 15) is 19.5 Å². The van der Waals surface area contributed by atoms with E-state index in [0.717, 1.165) is 21.7 Å². The van der Waals surface area contributed by atoms with Crippen molar-refractivity contribution in [3.63, 3.8) is 0 Å². The van der Waals surface area contributed by atoms with Crippen LogP contribution in [0, 0.1) is 12.3 Å². The van der Waals surface area contributed by atoms with Crippen LogP contribution in [-0.4, -0.2) is 104 Å². The van der Waals surface area contributed by atoms with Crippen LogP contribution >= 0.6 is 11.3 Å². The fourth-order valence-corrected chi connectivity index (χ4v) is 5.55. The van der Waals surface area contributed by atoms with Gasteiger partial charge in [0.25, 0.3) is 0 Å². The Morgan fingerprint density at radius 3 is 2.42 bits per heavy atom. The van der Waals surface area contributed by atoms with Crippen LogP contribution in [0.25, 0.3) is 20.9 Å². The SMILES string of the molecule is Cc1ncsc1-c1ccc(CNC(=O)[C@@H]2C[C@@H](O)CN2C(=O)[C@@H](NC(=O)COCCOCCOCCN=[N+]=[N-])C(C)(C)C)cc1. The molecule has 0 radical (unpaired) electrons. The number of ether oxygens (including phenoxy) is 3. The highest BCUT2D eigenvalue weighted by Gasteiger charge is 2.44. The summed E-state index contributed by atoms with van der Waals surface area (Å²) in [6, 6.07) is 6.02. The Hall–Kier alpha value is -3.59. The number of hydrogen-bond acceptors (Lipinski definition) is 10. The van der Waals surface area contributed by atoms with Crippen molar-refractivity contribution in [2.45, 2.75) is 58.8 Å². The number of aliphatic hydroxyl groups is 1. The topological polar surface area (TPSA) is 188 Å². The first kappa shape index (κ1) is 35.9. The van der Waals surface area contributed by atoms with E-state index in [1.165, 1.54) is 4.90 Å². The molecule has 3 N–H and O–H groups in total. The standard InChI is InChI=1S/C30H43N7O7S/c1-20-26(45-19-33-20)22-7-5-21(6-8-22)16-32-28(40)24-15-23(38)17-37(24)29(41)27(30(2,3)4)35-25(39)18-44-14-13-43-12-11-42-10-9-34-36-31/h5-8,19,23-24,27,38H,9-18H2,1-4H3,(H,32,40)(H,35,39)/t23-,24+,27-/m1/s1. The predicted octanol–water partition coefficient (Wildman–Crippen LogP) is 2.59. The third kappa shape index (κ3) is 11.4. The quantitative estimate of drug-likeness (QED) is 0.101. The van der Waals surface area contributed by atoms with E-state index < -0.39 is 35.4 Å². The van der Waals surface area contributed by atoms with E-state index in [-0.39, 0.29) is 51.8 Å². The molecule has 1 aromatic heterocycles. The van der Waals surface area contributed by atoms with Crippen molar-refractivity contribution in [3.8, 4) is 10.4 Å². The Morgan fingerprint density at radius 2 is 1.80 bits per heavy atom. The van der Waals surface area contributed by atoms with Crippen molar-refractivity contribution >= 4 is 29.1 Å². The van der Waals surface area contributed by atoms with Crippen molar-refractivity contribution in [2.24, 2.45) is 10.5 Å². The Labute approximate surface area is 267 Å². The summed E-state index contributed by atoms with van der Waals surface area (Å²) >= 11 is 1.57. The number of nitrogens with zero attached hydrogens (tertiary/aromatic N) is 5. The first-order valence-corrected chi connectivity index (χ1v) is 15.7. The molecule has 0 spiro atoms. The number of rotatable bonds is 17. The summed E-state index contributed by atoms with van der Waals surface area (Å²) in [5.41, 5.74) is 12.2. The van der Waals surface area contributed by atoms with Crippen LogP contribution < -0.4 is 10.6 Å². The van der Waals surface area contributed by atoms with E-state index >= 15 is 0 Å². The summed E-state index contributed by atoms with van der Waals surface area (Å²) in [4.78, 5) is 49.0. The molecule has 1 fully saturated rings. The van der Waals surface area contributed by atoms with Crippen LogP contribution in [0.3, 0.4) is 0 Å². The molecule has 3 atom stereocenters. The van der Waals surface area contributed by atoms with E-state index in [1.54, 1.807) is 11.3 Å². The lowest BCUT2D eigenvalue weighted by Crippen LogP contribution is -2.58. The second kappa shape index (κ2) is 17.8. The van der Waals surface area contributed by atoms with E-state index in [4.69, 9.17) is 19.7 Å². The van der Waals surface area contributed by atoms with Gasteiger partial charge in [0.15, 0.2) is 0 Å². The van der Waals surface area contributed by atoms with Crippen LogP contribution in [-0.2, 0) is 35.1 Å². The summed E-state index contributed by atoms with van der Waals surface area (Å²) < 4.78 is 16.0. The number of thiazole rings is 1. The van der Waals surface area contributed by atoms with Gasteiger partial charge < -0.3 is 34.9 Å². The Kier molecular flexibility index (Phi) is 14.2. The van der Waals surface area contributed by atoms with Crippen molar-refractivity contribution in [1.29, 1.82) is 0 Å². The van der Waals surface area contributed by atoms with Crippen molar-refractivity contribution < 1.29 is 33.7 Å². The van der Waals surface area contributed by atoms with Gasteiger partial charge in [-0.3, -0.25) is 14.4 Å². The fraction of sp³-hybridized carbons (Fsp3) is 0.600. The van der Waals surface area contributed by atoms with E-state index in [0.29, 0.717) is 19.8 Å². The first-order chi connectivity index (χ1) is 21.5. The third-order valence-electron chi connectivity index (χ3n) is 7.09. The number of aliphatic hydroxyl groups excluding tert-OH is 1. The molecule has 45 heavy (non-hydrogen) atoms. The number of β-amino-alcohol motifs (C(OH)–C–C–N with tert-alkyl or cyclic N) is 1. The summed E-state index contributed by atoms with van der Waals surface area (Å²) in [7, 11) is 0. The maximum atomic E-state index is 13.7. The van der Waals surface area contributed by atoms with Gasteiger partial charge in [-0.15, -0.1) is 11.3 Å². The molecule has 1 saturated heterocycles. The van der Waals surface area contributed by atoms with Gasteiger partial charge >= 0.3 is 0 Å². The van der Waals surface area contributed by atoms with E-state index in [1.807, 2.05) is 57.5 Å². The Bertz CT molecular complexity index is 1310. The minimum Gasteiger partial charge on any atom is -0.391 e. The van der Waals surface area contributed by atoms with Crippen LogP contribution in [0.1, 0.15) is 38.4 Å². The molecule has 0 saturated carbocycles. The largest absolute Gasteiger partial charge is 0.391 e. The van der Waals surface area contributed by atoms with Gasteiger partial charge in [0.2, 0.25) is 17.7 Å². The van der Waals surface area contributed by atoms with Gasteiger partial charge in [-0.25, -0.2) is 4.98 Å². The number of carbonyl (C=O) groups excluding carboxylic acids is 3. The summed E-state index contributed by atoms with van der Waals surface area (Å²) in [6.45, 7) is 9.01. The molecule has 0 unspecified atom stereocenters. The van der Waals surface area contributed by atoms with Crippen LogP contribution in [0.4, 0.5) is 0 Å². The number of aryl methyl sites for hydroxylation is 1. The second-order valence-electron chi connectivity index (χ2n) is 11.7. The lowest BCUT2D eigenvalue weighted by molar-refractivity contribution is -0.144.